The highest BCUT2D eigenvalue weighted by Crippen LogP contribution is 2.28. The Kier molecular flexibility index (Phi) is 3.55. The zero-order valence-electron chi connectivity index (χ0n) is 10.9. The first-order valence-corrected chi connectivity index (χ1v) is 6.91. The monoisotopic (exact) mass is 257 g/mol. The second-order valence-electron chi connectivity index (χ2n) is 5.13. The highest BCUT2D eigenvalue weighted by Gasteiger charge is 2.24. The Bertz CT molecular complexity index is 550. The van der Waals surface area contributed by atoms with Crippen LogP contribution in [0.5, 0.6) is 0 Å². The maximum atomic E-state index is 5.89. The van der Waals surface area contributed by atoms with E-state index < -0.39 is 0 Å². The number of pyridine rings is 1. The van der Waals surface area contributed by atoms with Gasteiger partial charge in [-0.05, 0) is 30.9 Å². The largest absolute Gasteiger partial charge is 0.366 e. The Morgan fingerprint density at radius 1 is 1.21 bits per heavy atom. The van der Waals surface area contributed by atoms with Crippen molar-refractivity contribution in [2.24, 2.45) is 11.7 Å². The summed E-state index contributed by atoms with van der Waals surface area (Å²) < 4.78 is 0. The molecule has 2 heterocycles. The van der Waals surface area contributed by atoms with Crippen molar-refractivity contribution in [3.05, 3.63) is 24.5 Å². The molecule has 0 saturated heterocycles. The molecule has 1 saturated carbocycles. The molecule has 3 N–H and O–H groups in total. The predicted molar refractivity (Wildman–Crippen MR) is 75.8 cm³/mol. The van der Waals surface area contributed by atoms with Crippen molar-refractivity contribution < 1.29 is 0 Å². The van der Waals surface area contributed by atoms with Crippen molar-refractivity contribution in [2.75, 3.05) is 11.9 Å². The number of anilines is 1. The molecule has 5 nitrogen and oxygen atoms in total. The molecule has 2 aromatic rings. The lowest BCUT2D eigenvalue weighted by molar-refractivity contribution is 0.461. The Balaban J connectivity index is 1.79. The van der Waals surface area contributed by atoms with Gasteiger partial charge in [0.15, 0.2) is 5.65 Å². The van der Waals surface area contributed by atoms with Crippen LogP contribution in [0.25, 0.3) is 11.2 Å². The fourth-order valence-electron chi connectivity index (χ4n) is 2.85. The number of hydrogen-bond donors (Lipinski definition) is 2. The molecule has 0 aromatic carbocycles. The van der Waals surface area contributed by atoms with Crippen LogP contribution in [0.3, 0.4) is 0 Å². The summed E-state index contributed by atoms with van der Waals surface area (Å²) in [7, 11) is 0. The predicted octanol–water partition coefficient (Wildman–Crippen LogP) is 1.95. The Morgan fingerprint density at radius 3 is 2.79 bits per heavy atom. The quantitative estimate of drug-likeness (QED) is 0.875. The van der Waals surface area contributed by atoms with E-state index in [2.05, 4.69) is 20.3 Å². The van der Waals surface area contributed by atoms with E-state index in [1.807, 2.05) is 12.1 Å². The van der Waals surface area contributed by atoms with E-state index in [0.717, 1.165) is 11.3 Å². The molecule has 1 aliphatic rings. The van der Waals surface area contributed by atoms with Crippen molar-refractivity contribution in [2.45, 2.75) is 31.7 Å². The van der Waals surface area contributed by atoms with Crippen LogP contribution in [0.4, 0.5) is 5.82 Å². The van der Waals surface area contributed by atoms with E-state index in [1.54, 1.807) is 12.4 Å². The van der Waals surface area contributed by atoms with Gasteiger partial charge in [-0.3, -0.25) is 4.98 Å². The van der Waals surface area contributed by atoms with Crippen molar-refractivity contribution in [1.82, 2.24) is 15.0 Å². The molecule has 2 aromatic heterocycles. The summed E-state index contributed by atoms with van der Waals surface area (Å²) in [5.41, 5.74) is 7.39. The van der Waals surface area contributed by atoms with Crippen molar-refractivity contribution in [3.8, 4) is 0 Å². The lowest BCUT2D eigenvalue weighted by Gasteiger charge is -2.23. The van der Waals surface area contributed by atoms with Gasteiger partial charge in [-0.25, -0.2) is 9.97 Å². The second-order valence-corrected chi connectivity index (χ2v) is 5.13. The first-order chi connectivity index (χ1) is 9.36. The fourth-order valence-corrected chi connectivity index (χ4v) is 2.85. The standard InChI is InChI=1S/C14H19N5/c15-9-12(10-3-1-2-4-10)18-13-6-5-11-14(19-13)17-8-7-16-11/h5-8,10,12H,1-4,9,15H2,(H,17,18,19). The Morgan fingerprint density at radius 2 is 2.00 bits per heavy atom. The van der Waals surface area contributed by atoms with E-state index in [-0.39, 0.29) is 0 Å². The minimum atomic E-state index is 0.309. The van der Waals surface area contributed by atoms with E-state index in [9.17, 15) is 0 Å². The van der Waals surface area contributed by atoms with Crippen LogP contribution in [0.15, 0.2) is 24.5 Å². The smallest absolute Gasteiger partial charge is 0.180 e. The van der Waals surface area contributed by atoms with Crippen molar-refractivity contribution in [3.63, 3.8) is 0 Å². The normalized spacial score (nSPS) is 17.7. The number of nitrogens with zero attached hydrogens (tertiary/aromatic N) is 3. The zero-order chi connectivity index (χ0) is 13.1. The van der Waals surface area contributed by atoms with Gasteiger partial charge < -0.3 is 11.1 Å². The molecule has 0 radical (unpaired) electrons. The highest BCUT2D eigenvalue weighted by molar-refractivity contribution is 5.71. The van der Waals surface area contributed by atoms with Crippen LogP contribution in [0.1, 0.15) is 25.7 Å². The van der Waals surface area contributed by atoms with Gasteiger partial charge in [-0.2, -0.15) is 0 Å². The molecule has 1 aliphatic carbocycles. The molecule has 3 rings (SSSR count). The molecule has 1 unspecified atom stereocenters. The summed E-state index contributed by atoms with van der Waals surface area (Å²) in [5, 5.41) is 3.46. The summed E-state index contributed by atoms with van der Waals surface area (Å²) in [5.74, 6) is 1.51. The SMILES string of the molecule is NCC(Nc1ccc2nccnc2n1)C1CCCC1. The minimum absolute atomic E-state index is 0.309. The molecule has 0 spiro atoms. The van der Waals surface area contributed by atoms with Crippen LogP contribution in [0, 0.1) is 5.92 Å². The Labute approximate surface area is 112 Å². The first kappa shape index (κ1) is 12.3. The summed E-state index contributed by atoms with van der Waals surface area (Å²) >= 11 is 0. The van der Waals surface area contributed by atoms with Gasteiger partial charge in [0, 0.05) is 25.0 Å². The van der Waals surface area contributed by atoms with Crippen LogP contribution in [-0.2, 0) is 0 Å². The molecule has 5 heteroatoms. The molecule has 1 fully saturated rings. The fraction of sp³-hybridized carbons (Fsp3) is 0.500. The lowest BCUT2D eigenvalue weighted by atomic mass is 9.98. The van der Waals surface area contributed by atoms with Gasteiger partial charge in [0.05, 0.1) is 0 Å². The summed E-state index contributed by atoms with van der Waals surface area (Å²) in [6.45, 7) is 0.644. The third kappa shape index (κ3) is 2.66. The van der Waals surface area contributed by atoms with Gasteiger partial charge in [0.25, 0.3) is 0 Å². The summed E-state index contributed by atoms with van der Waals surface area (Å²) in [6.07, 6.45) is 8.51. The van der Waals surface area contributed by atoms with E-state index in [4.69, 9.17) is 5.73 Å². The number of nitrogens with two attached hydrogens (primary N) is 1. The number of hydrogen-bond acceptors (Lipinski definition) is 5. The lowest BCUT2D eigenvalue weighted by Crippen LogP contribution is -2.35. The Hall–Kier alpha value is -1.75. The summed E-state index contributed by atoms with van der Waals surface area (Å²) in [4.78, 5) is 12.9. The molecule has 1 atom stereocenters. The van der Waals surface area contributed by atoms with Crippen molar-refractivity contribution in [1.29, 1.82) is 0 Å². The second kappa shape index (κ2) is 5.48. The van der Waals surface area contributed by atoms with E-state index in [0.29, 0.717) is 24.2 Å². The third-order valence-corrected chi connectivity index (χ3v) is 3.89. The molecular weight excluding hydrogens is 238 g/mol. The molecule has 19 heavy (non-hydrogen) atoms. The molecule has 0 aliphatic heterocycles. The summed E-state index contributed by atoms with van der Waals surface area (Å²) in [6, 6.07) is 4.21. The maximum Gasteiger partial charge on any atom is 0.180 e. The van der Waals surface area contributed by atoms with Crippen LogP contribution < -0.4 is 11.1 Å². The number of nitrogens with one attached hydrogen (secondary N) is 1. The van der Waals surface area contributed by atoms with Gasteiger partial charge in [-0.15, -0.1) is 0 Å². The van der Waals surface area contributed by atoms with Gasteiger partial charge in [0.1, 0.15) is 11.3 Å². The average Bonchev–Trinajstić information content (AvgIpc) is 2.98. The van der Waals surface area contributed by atoms with Gasteiger partial charge in [-0.1, -0.05) is 12.8 Å². The third-order valence-electron chi connectivity index (χ3n) is 3.89. The molecular formula is C14H19N5. The van der Waals surface area contributed by atoms with Gasteiger partial charge >= 0.3 is 0 Å². The average molecular weight is 257 g/mol. The first-order valence-electron chi connectivity index (χ1n) is 6.91. The van der Waals surface area contributed by atoms with Gasteiger partial charge in [0.2, 0.25) is 0 Å². The van der Waals surface area contributed by atoms with E-state index >= 15 is 0 Å². The number of rotatable bonds is 4. The molecule has 100 valence electrons. The van der Waals surface area contributed by atoms with Crippen LogP contribution in [-0.4, -0.2) is 27.5 Å². The van der Waals surface area contributed by atoms with Crippen LogP contribution >= 0.6 is 0 Å². The van der Waals surface area contributed by atoms with E-state index in [1.165, 1.54) is 25.7 Å². The number of aromatic nitrogens is 3. The van der Waals surface area contributed by atoms with Crippen LogP contribution in [0.2, 0.25) is 0 Å². The van der Waals surface area contributed by atoms with Crippen molar-refractivity contribution >= 4 is 17.0 Å². The topological polar surface area (TPSA) is 76.7 Å². The number of fused-ring (bicyclic) bond motifs is 1. The zero-order valence-corrected chi connectivity index (χ0v) is 10.9. The highest BCUT2D eigenvalue weighted by atomic mass is 15.1. The minimum Gasteiger partial charge on any atom is -0.366 e. The maximum absolute atomic E-state index is 5.89. The molecule has 0 bridgehead atoms. The molecule has 0 amide bonds.